The number of carbonyl (C=O) groups excluding carboxylic acids is 2. The van der Waals surface area contributed by atoms with Crippen LogP contribution in [0.15, 0.2) is 47.4 Å². The second-order valence-corrected chi connectivity index (χ2v) is 10.8. The summed E-state index contributed by atoms with van der Waals surface area (Å²) in [6.45, 7) is 3.51. The summed E-state index contributed by atoms with van der Waals surface area (Å²) >= 11 is 0. The number of hydrogen-bond acceptors (Lipinski definition) is 5. The molecule has 2 aromatic rings. The number of anilines is 1. The first-order chi connectivity index (χ1) is 15.1. The van der Waals surface area contributed by atoms with Gasteiger partial charge in [-0.3, -0.25) is 9.59 Å². The zero-order chi connectivity index (χ0) is 23.5. The van der Waals surface area contributed by atoms with E-state index in [-0.39, 0.29) is 17.4 Å². The minimum absolute atomic E-state index is 0.0874. The molecule has 8 heteroatoms. The molecule has 1 aliphatic carbocycles. The van der Waals surface area contributed by atoms with E-state index >= 15 is 0 Å². The van der Waals surface area contributed by atoms with Gasteiger partial charge >= 0.3 is 0 Å². The average molecular weight is 459 g/mol. The molecule has 1 fully saturated rings. The third-order valence-corrected chi connectivity index (χ3v) is 8.59. The summed E-state index contributed by atoms with van der Waals surface area (Å²) in [5.74, 6) is -0.189. The first-order valence-corrected chi connectivity index (χ1v) is 12.1. The Balaban J connectivity index is 1.81. The highest BCUT2D eigenvalue weighted by Crippen LogP contribution is 2.42. The van der Waals surface area contributed by atoms with Crippen molar-refractivity contribution >= 4 is 27.3 Å². The normalized spacial score (nSPS) is 15.2. The number of aryl methyl sites for hydroxylation is 2. The summed E-state index contributed by atoms with van der Waals surface area (Å²) in [5, 5.41) is 2.80. The third-order valence-electron chi connectivity index (χ3n) is 5.95. The molecular weight excluding hydrogens is 428 g/mol. The minimum Gasteiger partial charge on any atom is -0.484 e. The van der Waals surface area contributed by atoms with Crippen LogP contribution < -0.4 is 10.1 Å². The Morgan fingerprint density at radius 3 is 2.25 bits per heavy atom. The van der Waals surface area contributed by atoms with Crippen LogP contribution in [-0.4, -0.2) is 50.6 Å². The fourth-order valence-electron chi connectivity index (χ4n) is 3.92. The number of likely N-dealkylation sites (N-methyl/N-ethyl adjacent to an activating group) is 1. The van der Waals surface area contributed by atoms with E-state index in [2.05, 4.69) is 5.32 Å². The molecule has 0 atom stereocenters. The van der Waals surface area contributed by atoms with E-state index in [1.165, 1.54) is 4.90 Å². The Morgan fingerprint density at radius 1 is 1.03 bits per heavy atom. The Morgan fingerprint density at radius 2 is 1.66 bits per heavy atom. The van der Waals surface area contributed by atoms with Gasteiger partial charge in [0.15, 0.2) is 21.2 Å². The van der Waals surface area contributed by atoms with Gasteiger partial charge in [-0.15, -0.1) is 0 Å². The molecule has 0 heterocycles. The van der Waals surface area contributed by atoms with Gasteiger partial charge in [0.2, 0.25) is 5.91 Å². The van der Waals surface area contributed by atoms with Crippen LogP contribution in [0.4, 0.5) is 5.69 Å². The number of ether oxygens (including phenoxy) is 1. The minimum atomic E-state index is -3.89. The molecule has 172 valence electrons. The van der Waals surface area contributed by atoms with E-state index in [1.807, 2.05) is 13.0 Å². The molecule has 1 saturated carbocycles. The zero-order valence-corrected chi connectivity index (χ0v) is 19.8. The number of amides is 2. The van der Waals surface area contributed by atoms with Crippen LogP contribution in [0.2, 0.25) is 0 Å². The smallest absolute Gasteiger partial charge is 0.259 e. The lowest BCUT2D eigenvalue weighted by molar-refractivity contribution is -0.130. The zero-order valence-electron chi connectivity index (χ0n) is 19.0. The van der Waals surface area contributed by atoms with Crippen LogP contribution in [0, 0.1) is 13.8 Å². The maximum atomic E-state index is 13.7. The lowest BCUT2D eigenvalue weighted by Gasteiger charge is -2.28. The molecule has 0 spiro atoms. The highest BCUT2D eigenvalue weighted by atomic mass is 32.2. The van der Waals surface area contributed by atoms with Crippen molar-refractivity contribution in [1.82, 2.24) is 4.90 Å². The molecule has 0 bridgehead atoms. The number of carbonyl (C=O) groups is 2. The van der Waals surface area contributed by atoms with E-state index in [9.17, 15) is 18.0 Å². The van der Waals surface area contributed by atoms with Crippen molar-refractivity contribution in [3.05, 3.63) is 53.6 Å². The number of hydrogen-bond donors (Lipinski definition) is 1. The SMILES string of the molecule is Cc1ccc(C)c(S(=O)(=O)C2(C(=O)Nc3ccc(OCC(=O)N(C)C)cc3)CCCC2)c1. The lowest BCUT2D eigenvalue weighted by atomic mass is 10.1. The number of nitrogens with zero attached hydrogens (tertiary/aromatic N) is 1. The van der Waals surface area contributed by atoms with Crippen LogP contribution >= 0.6 is 0 Å². The lowest BCUT2D eigenvalue weighted by Crippen LogP contribution is -2.47. The molecule has 7 nitrogen and oxygen atoms in total. The van der Waals surface area contributed by atoms with E-state index in [0.717, 1.165) is 5.56 Å². The van der Waals surface area contributed by atoms with Gasteiger partial charge in [0.1, 0.15) is 5.75 Å². The molecule has 0 aromatic heterocycles. The summed E-state index contributed by atoms with van der Waals surface area (Å²) in [6, 6.07) is 11.9. The summed E-state index contributed by atoms with van der Waals surface area (Å²) in [6.07, 6.45) is 1.96. The molecule has 0 saturated heterocycles. The van der Waals surface area contributed by atoms with Gasteiger partial charge < -0.3 is 15.0 Å². The van der Waals surface area contributed by atoms with Gasteiger partial charge in [-0.25, -0.2) is 8.42 Å². The molecule has 3 rings (SSSR count). The summed E-state index contributed by atoms with van der Waals surface area (Å²) in [5.41, 5.74) is 1.96. The number of sulfone groups is 1. The number of benzene rings is 2. The van der Waals surface area contributed by atoms with Crippen molar-refractivity contribution in [1.29, 1.82) is 0 Å². The fraction of sp³-hybridized carbons (Fsp3) is 0.417. The van der Waals surface area contributed by atoms with Gasteiger partial charge in [0, 0.05) is 19.8 Å². The molecule has 0 aliphatic heterocycles. The molecule has 2 aromatic carbocycles. The standard InChI is InChI=1S/C24H30N2O5S/c1-17-7-8-18(2)21(15-17)32(29,30)24(13-5-6-14-24)23(28)25-19-9-11-20(12-10-19)31-16-22(27)26(3)4/h7-12,15H,5-6,13-14,16H2,1-4H3,(H,25,28). The topological polar surface area (TPSA) is 92.8 Å². The van der Waals surface area contributed by atoms with Gasteiger partial charge in [-0.1, -0.05) is 25.0 Å². The van der Waals surface area contributed by atoms with Crippen LogP contribution in [0.3, 0.4) is 0 Å². The molecule has 0 radical (unpaired) electrons. The Labute approximate surface area is 189 Å². The fourth-order valence-corrected chi connectivity index (χ4v) is 6.30. The Kier molecular flexibility index (Phi) is 6.93. The van der Waals surface area contributed by atoms with Crippen LogP contribution in [-0.2, 0) is 19.4 Å². The van der Waals surface area contributed by atoms with Crippen LogP contribution in [0.5, 0.6) is 5.75 Å². The van der Waals surface area contributed by atoms with Gasteiger partial charge in [0.05, 0.1) is 4.90 Å². The van der Waals surface area contributed by atoms with E-state index in [4.69, 9.17) is 4.74 Å². The Bertz CT molecular complexity index is 1100. The summed E-state index contributed by atoms with van der Waals surface area (Å²) in [7, 11) is -0.590. The van der Waals surface area contributed by atoms with Gasteiger partial charge in [-0.05, 0) is 68.1 Å². The third kappa shape index (κ3) is 4.65. The monoisotopic (exact) mass is 458 g/mol. The van der Waals surface area contributed by atoms with Crippen molar-refractivity contribution in [3.63, 3.8) is 0 Å². The van der Waals surface area contributed by atoms with E-state index in [1.54, 1.807) is 57.4 Å². The number of rotatable bonds is 7. The molecule has 32 heavy (non-hydrogen) atoms. The van der Waals surface area contributed by atoms with E-state index < -0.39 is 20.5 Å². The molecule has 1 N–H and O–H groups in total. The van der Waals surface area contributed by atoms with Crippen LogP contribution in [0.1, 0.15) is 36.8 Å². The molecule has 0 unspecified atom stereocenters. The molecule has 1 aliphatic rings. The van der Waals surface area contributed by atoms with Gasteiger partial charge in [-0.2, -0.15) is 0 Å². The predicted molar refractivity (Wildman–Crippen MR) is 124 cm³/mol. The quantitative estimate of drug-likeness (QED) is 0.686. The predicted octanol–water partition coefficient (Wildman–Crippen LogP) is 3.50. The molecular formula is C24H30N2O5S. The first kappa shape index (κ1) is 23.8. The first-order valence-electron chi connectivity index (χ1n) is 10.6. The second-order valence-electron chi connectivity index (χ2n) is 8.53. The maximum Gasteiger partial charge on any atom is 0.259 e. The van der Waals surface area contributed by atoms with Crippen LogP contribution in [0.25, 0.3) is 0 Å². The van der Waals surface area contributed by atoms with Crippen molar-refractivity contribution in [2.75, 3.05) is 26.0 Å². The highest BCUT2D eigenvalue weighted by Gasteiger charge is 2.53. The average Bonchev–Trinajstić information content (AvgIpc) is 3.26. The van der Waals surface area contributed by atoms with Crippen molar-refractivity contribution in [2.45, 2.75) is 49.2 Å². The highest BCUT2D eigenvalue weighted by molar-refractivity contribution is 7.93. The Hall–Kier alpha value is -2.87. The van der Waals surface area contributed by atoms with E-state index in [0.29, 0.717) is 42.7 Å². The van der Waals surface area contributed by atoms with Crippen molar-refractivity contribution in [2.24, 2.45) is 0 Å². The maximum absolute atomic E-state index is 13.7. The van der Waals surface area contributed by atoms with Crippen molar-refractivity contribution in [3.8, 4) is 5.75 Å². The summed E-state index contributed by atoms with van der Waals surface area (Å²) in [4.78, 5) is 26.7. The second kappa shape index (κ2) is 9.32. The summed E-state index contributed by atoms with van der Waals surface area (Å²) < 4.78 is 31.4. The largest absolute Gasteiger partial charge is 0.484 e. The molecule has 2 amide bonds. The number of nitrogens with one attached hydrogen (secondary N) is 1. The van der Waals surface area contributed by atoms with Crippen molar-refractivity contribution < 1.29 is 22.7 Å². The van der Waals surface area contributed by atoms with Gasteiger partial charge in [0.25, 0.3) is 5.91 Å².